The van der Waals surface area contributed by atoms with Crippen molar-refractivity contribution >= 4 is 27.7 Å². The van der Waals surface area contributed by atoms with Crippen LogP contribution in [0.2, 0.25) is 0 Å². The van der Waals surface area contributed by atoms with E-state index in [1.165, 1.54) is 0 Å². The summed E-state index contributed by atoms with van der Waals surface area (Å²) < 4.78 is 0.736. The first-order chi connectivity index (χ1) is 8.11. The minimum atomic E-state index is -0.463. The standard InChI is InChI=1S/C12H13BrN2O2/c13-9-5-2-1-4-8(9)12(17)15-7-3-6-10(15)11(14)16/h1-2,4-5,10H,3,6-7H2,(H2,14,16). The Morgan fingerprint density at radius 1 is 1.35 bits per heavy atom. The molecule has 1 aliphatic rings. The number of carbonyl (C=O) groups is 2. The average molecular weight is 297 g/mol. The second kappa shape index (κ2) is 4.87. The van der Waals surface area contributed by atoms with Crippen LogP contribution in [0.1, 0.15) is 23.2 Å². The Labute approximate surface area is 108 Å². The third-order valence-electron chi connectivity index (χ3n) is 2.95. The number of likely N-dealkylation sites (tertiary alicyclic amines) is 1. The van der Waals surface area contributed by atoms with Crippen LogP contribution in [-0.2, 0) is 4.79 Å². The molecule has 0 saturated carbocycles. The summed E-state index contributed by atoms with van der Waals surface area (Å²) in [5.41, 5.74) is 5.87. The Hall–Kier alpha value is -1.36. The van der Waals surface area contributed by atoms with Gasteiger partial charge in [0.2, 0.25) is 5.91 Å². The van der Waals surface area contributed by atoms with Crippen molar-refractivity contribution in [3.8, 4) is 0 Å². The first-order valence-corrected chi connectivity index (χ1v) is 6.25. The first-order valence-electron chi connectivity index (χ1n) is 5.46. The van der Waals surface area contributed by atoms with E-state index in [1.807, 2.05) is 12.1 Å². The third-order valence-corrected chi connectivity index (χ3v) is 3.64. The molecule has 90 valence electrons. The van der Waals surface area contributed by atoms with Gasteiger partial charge in [-0.05, 0) is 40.9 Å². The van der Waals surface area contributed by atoms with Crippen LogP contribution in [0.3, 0.4) is 0 Å². The highest BCUT2D eigenvalue weighted by Crippen LogP contribution is 2.23. The largest absolute Gasteiger partial charge is 0.368 e. The minimum absolute atomic E-state index is 0.140. The topological polar surface area (TPSA) is 63.4 Å². The lowest BCUT2D eigenvalue weighted by molar-refractivity contribution is -0.121. The molecule has 0 spiro atoms. The zero-order chi connectivity index (χ0) is 12.4. The van der Waals surface area contributed by atoms with E-state index in [4.69, 9.17) is 5.73 Å². The number of benzene rings is 1. The number of nitrogens with zero attached hydrogens (tertiary/aromatic N) is 1. The number of rotatable bonds is 2. The lowest BCUT2D eigenvalue weighted by Gasteiger charge is -2.22. The number of nitrogens with two attached hydrogens (primary N) is 1. The van der Waals surface area contributed by atoms with Gasteiger partial charge >= 0.3 is 0 Å². The van der Waals surface area contributed by atoms with Crippen molar-refractivity contribution in [3.63, 3.8) is 0 Å². The van der Waals surface area contributed by atoms with Crippen LogP contribution in [0.25, 0.3) is 0 Å². The number of primary amides is 1. The molecule has 0 radical (unpaired) electrons. The molecule has 0 aromatic heterocycles. The Morgan fingerprint density at radius 3 is 2.71 bits per heavy atom. The fourth-order valence-corrected chi connectivity index (χ4v) is 2.55. The van der Waals surface area contributed by atoms with E-state index >= 15 is 0 Å². The Balaban J connectivity index is 2.26. The molecule has 2 N–H and O–H groups in total. The van der Waals surface area contributed by atoms with Gasteiger partial charge in [0.05, 0.1) is 5.56 Å². The summed E-state index contributed by atoms with van der Waals surface area (Å²) in [4.78, 5) is 25.1. The lowest BCUT2D eigenvalue weighted by atomic mass is 10.1. The summed E-state index contributed by atoms with van der Waals surface area (Å²) in [7, 11) is 0. The predicted octanol–water partition coefficient (Wildman–Crippen LogP) is 1.54. The normalized spacial score (nSPS) is 19.4. The van der Waals surface area contributed by atoms with Gasteiger partial charge in [0.25, 0.3) is 5.91 Å². The molecule has 1 saturated heterocycles. The number of carbonyl (C=O) groups excluding carboxylic acids is 2. The fourth-order valence-electron chi connectivity index (χ4n) is 2.09. The first kappa shape index (κ1) is 12.1. The summed E-state index contributed by atoms with van der Waals surface area (Å²) in [5, 5.41) is 0. The van der Waals surface area contributed by atoms with Crippen LogP contribution >= 0.6 is 15.9 Å². The van der Waals surface area contributed by atoms with Crippen molar-refractivity contribution in [2.24, 2.45) is 5.73 Å². The van der Waals surface area contributed by atoms with Gasteiger partial charge in [-0.25, -0.2) is 0 Å². The van der Waals surface area contributed by atoms with E-state index in [2.05, 4.69) is 15.9 Å². The van der Waals surface area contributed by atoms with Gasteiger partial charge in [-0.15, -0.1) is 0 Å². The van der Waals surface area contributed by atoms with E-state index < -0.39 is 11.9 Å². The molecular weight excluding hydrogens is 284 g/mol. The van der Waals surface area contributed by atoms with Crippen molar-refractivity contribution in [2.75, 3.05) is 6.54 Å². The molecule has 1 heterocycles. The average Bonchev–Trinajstić information content (AvgIpc) is 2.77. The van der Waals surface area contributed by atoms with E-state index in [9.17, 15) is 9.59 Å². The van der Waals surface area contributed by atoms with Gasteiger partial charge in [-0.3, -0.25) is 9.59 Å². The molecule has 2 rings (SSSR count). The molecule has 0 aliphatic carbocycles. The van der Waals surface area contributed by atoms with Crippen molar-refractivity contribution in [3.05, 3.63) is 34.3 Å². The summed E-state index contributed by atoms with van der Waals surface area (Å²) in [6.45, 7) is 0.591. The van der Waals surface area contributed by atoms with E-state index in [-0.39, 0.29) is 5.91 Å². The SMILES string of the molecule is NC(=O)C1CCCN1C(=O)c1ccccc1Br. The highest BCUT2D eigenvalue weighted by Gasteiger charge is 2.33. The molecule has 1 fully saturated rings. The highest BCUT2D eigenvalue weighted by molar-refractivity contribution is 9.10. The minimum Gasteiger partial charge on any atom is -0.368 e. The van der Waals surface area contributed by atoms with E-state index in [0.717, 1.165) is 10.9 Å². The molecule has 1 unspecified atom stereocenters. The van der Waals surface area contributed by atoms with Gasteiger partial charge in [0.1, 0.15) is 6.04 Å². The maximum atomic E-state index is 12.3. The summed E-state index contributed by atoms with van der Waals surface area (Å²) >= 11 is 3.34. The van der Waals surface area contributed by atoms with Gasteiger partial charge in [-0.1, -0.05) is 12.1 Å². The molecule has 2 amide bonds. The number of amides is 2. The highest BCUT2D eigenvalue weighted by atomic mass is 79.9. The van der Waals surface area contributed by atoms with Gasteiger partial charge in [0, 0.05) is 11.0 Å². The van der Waals surface area contributed by atoms with Crippen LogP contribution < -0.4 is 5.73 Å². The summed E-state index contributed by atoms with van der Waals surface area (Å²) in [6.07, 6.45) is 1.48. The summed E-state index contributed by atoms with van der Waals surface area (Å²) in [6, 6.07) is 6.73. The van der Waals surface area contributed by atoms with Gasteiger partial charge < -0.3 is 10.6 Å². The van der Waals surface area contributed by atoms with Crippen molar-refractivity contribution in [2.45, 2.75) is 18.9 Å². The number of hydrogen-bond donors (Lipinski definition) is 1. The van der Waals surface area contributed by atoms with Crippen molar-refractivity contribution in [1.82, 2.24) is 4.90 Å². The smallest absolute Gasteiger partial charge is 0.255 e. The molecule has 1 aromatic rings. The van der Waals surface area contributed by atoms with Crippen LogP contribution in [0.15, 0.2) is 28.7 Å². The Bertz CT molecular complexity index is 462. The third kappa shape index (κ3) is 2.34. The number of hydrogen-bond acceptors (Lipinski definition) is 2. The maximum absolute atomic E-state index is 12.3. The van der Waals surface area contributed by atoms with Crippen LogP contribution in [0.5, 0.6) is 0 Å². The lowest BCUT2D eigenvalue weighted by Crippen LogP contribution is -2.43. The second-order valence-corrected chi connectivity index (χ2v) is 4.89. The van der Waals surface area contributed by atoms with Crippen molar-refractivity contribution < 1.29 is 9.59 Å². The fraction of sp³-hybridized carbons (Fsp3) is 0.333. The van der Waals surface area contributed by atoms with Crippen LogP contribution in [-0.4, -0.2) is 29.3 Å². The molecular formula is C12H13BrN2O2. The van der Waals surface area contributed by atoms with Gasteiger partial charge in [-0.2, -0.15) is 0 Å². The molecule has 1 aromatic carbocycles. The summed E-state index contributed by atoms with van der Waals surface area (Å²) in [5.74, 6) is -0.568. The molecule has 4 nitrogen and oxygen atoms in total. The van der Waals surface area contributed by atoms with Crippen molar-refractivity contribution in [1.29, 1.82) is 0 Å². The molecule has 0 bridgehead atoms. The van der Waals surface area contributed by atoms with E-state index in [0.29, 0.717) is 18.5 Å². The molecule has 1 atom stereocenters. The Kier molecular flexibility index (Phi) is 3.47. The second-order valence-electron chi connectivity index (χ2n) is 4.04. The predicted molar refractivity (Wildman–Crippen MR) is 67.4 cm³/mol. The number of halogens is 1. The van der Waals surface area contributed by atoms with Gasteiger partial charge in [0.15, 0.2) is 0 Å². The zero-order valence-corrected chi connectivity index (χ0v) is 10.8. The van der Waals surface area contributed by atoms with E-state index in [1.54, 1.807) is 17.0 Å². The van der Waals surface area contributed by atoms with Crippen LogP contribution in [0.4, 0.5) is 0 Å². The monoisotopic (exact) mass is 296 g/mol. The molecule has 1 aliphatic heterocycles. The molecule has 17 heavy (non-hydrogen) atoms. The Morgan fingerprint density at radius 2 is 2.06 bits per heavy atom. The molecule has 5 heteroatoms. The maximum Gasteiger partial charge on any atom is 0.255 e. The quantitative estimate of drug-likeness (QED) is 0.900. The van der Waals surface area contributed by atoms with Crippen LogP contribution in [0, 0.1) is 0 Å². The zero-order valence-electron chi connectivity index (χ0n) is 9.23.